The number of nitrogens with two attached hydrogens (primary N) is 2. The predicted molar refractivity (Wildman–Crippen MR) is 308 cm³/mol. The molecule has 468 valence electrons. The van der Waals surface area contributed by atoms with Crippen LogP contribution in [0.25, 0.3) is 10.9 Å². The number of H-pyrrole nitrogens is 1. The van der Waals surface area contributed by atoms with E-state index in [-0.39, 0.29) is 31.4 Å². The monoisotopic (exact) mass is 1190 g/mol. The normalized spacial score (nSPS) is 25.7. The average molecular weight is 1190 g/mol. The van der Waals surface area contributed by atoms with Crippen molar-refractivity contribution >= 4 is 70.0 Å². The lowest BCUT2D eigenvalue weighted by Crippen LogP contribution is -2.65. The molecule has 1 saturated heterocycles. The Kier molecular flexibility index (Phi) is 27.0. The minimum absolute atomic E-state index is 0.0150. The van der Waals surface area contributed by atoms with E-state index in [1.165, 1.54) is 40.8 Å². The fourth-order valence-corrected chi connectivity index (χ4v) is 9.04. The SMILES string of the molecule is C/C=C1\NC(=O)C([C@H](O)C(C)C)NC(=O)[C@@H](CO)NC(=O)C([C@@H](C)O)NC(=O)C(NC(=O)[C@@H](N)[C@@H](C)CC)[C@H](C(C)C)OC(=O)C(Cc2ccccc2)NC(=O)[C@@H](CCCN)NC(=O)C([C@H](O)c2c[nH]c3ccccc23)NC(=O)[C@@H](CO)NC1=O. The third kappa shape index (κ3) is 19.1. The van der Waals surface area contributed by atoms with E-state index in [0.29, 0.717) is 22.9 Å². The molecule has 1 aromatic heterocycles. The number of hydrogen-bond acceptors (Lipinski definition) is 18. The van der Waals surface area contributed by atoms with E-state index in [1.807, 2.05) is 0 Å². The van der Waals surface area contributed by atoms with Gasteiger partial charge in [0.1, 0.15) is 66.2 Å². The van der Waals surface area contributed by atoms with Crippen LogP contribution in [0.3, 0.4) is 0 Å². The van der Waals surface area contributed by atoms with Crippen LogP contribution in [0.2, 0.25) is 0 Å². The Morgan fingerprint density at radius 2 is 1.24 bits per heavy atom. The van der Waals surface area contributed by atoms with Crippen LogP contribution in [0.4, 0.5) is 0 Å². The Morgan fingerprint density at radius 3 is 1.81 bits per heavy atom. The average Bonchev–Trinajstić information content (AvgIpc) is 3.29. The van der Waals surface area contributed by atoms with Gasteiger partial charge in [-0.2, -0.15) is 0 Å². The van der Waals surface area contributed by atoms with Gasteiger partial charge < -0.3 is 94.6 Å². The van der Waals surface area contributed by atoms with Gasteiger partial charge in [-0.15, -0.1) is 0 Å². The molecule has 28 heteroatoms. The molecule has 3 aromatic rings. The summed E-state index contributed by atoms with van der Waals surface area (Å²) in [6, 6.07) is -1.37. The Hall–Kier alpha value is -7.86. The van der Waals surface area contributed by atoms with E-state index in [1.54, 1.807) is 68.4 Å². The third-order valence-electron chi connectivity index (χ3n) is 14.5. The van der Waals surface area contributed by atoms with Crippen molar-refractivity contribution in [3.63, 3.8) is 0 Å². The third-order valence-corrected chi connectivity index (χ3v) is 14.5. The van der Waals surface area contributed by atoms with Crippen molar-refractivity contribution in [1.29, 1.82) is 0 Å². The van der Waals surface area contributed by atoms with Crippen molar-refractivity contribution in [3.05, 3.63) is 83.7 Å². The zero-order valence-corrected chi connectivity index (χ0v) is 48.9. The quantitative estimate of drug-likeness (QED) is 0.0459. The van der Waals surface area contributed by atoms with Gasteiger partial charge in [-0.25, -0.2) is 4.79 Å². The number of aliphatic hydroxyl groups excluding tert-OH is 5. The van der Waals surface area contributed by atoms with Crippen LogP contribution < -0.4 is 59.3 Å². The molecule has 28 nitrogen and oxygen atoms in total. The maximum atomic E-state index is 14.8. The van der Waals surface area contributed by atoms with Crippen molar-refractivity contribution in [2.24, 2.45) is 29.2 Å². The number of aromatic amines is 1. The summed E-state index contributed by atoms with van der Waals surface area (Å²) >= 11 is 0. The highest BCUT2D eigenvalue weighted by molar-refractivity contribution is 6.03. The molecule has 0 bridgehead atoms. The van der Waals surface area contributed by atoms with Gasteiger partial charge in [0.25, 0.3) is 5.91 Å². The van der Waals surface area contributed by atoms with Crippen molar-refractivity contribution in [2.75, 3.05) is 19.8 Å². The number of amides is 9. The van der Waals surface area contributed by atoms with Gasteiger partial charge in [0.2, 0.25) is 47.3 Å². The number of aromatic nitrogens is 1. The highest BCUT2D eigenvalue weighted by atomic mass is 16.5. The number of rotatable bonds is 17. The van der Waals surface area contributed by atoms with E-state index in [2.05, 4.69) is 52.8 Å². The van der Waals surface area contributed by atoms with E-state index >= 15 is 0 Å². The molecule has 14 atom stereocenters. The second-order valence-electron chi connectivity index (χ2n) is 21.6. The first kappa shape index (κ1) is 69.6. The van der Waals surface area contributed by atoms with Crippen LogP contribution in [0, 0.1) is 17.8 Å². The van der Waals surface area contributed by atoms with Gasteiger partial charge in [0.05, 0.1) is 31.5 Å². The molecule has 5 unspecified atom stereocenters. The molecule has 2 heterocycles. The molecule has 19 N–H and O–H groups in total. The van der Waals surface area contributed by atoms with E-state index in [4.69, 9.17) is 16.2 Å². The Labute approximate surface area is 492 Å². The number of fused-ring (bicyclic) bond motifs is 1. The largest absolute Gasteiger partial charge is 0.458 e. The fourth-order valence-electron chi connectivity index (χ4n) is 9.04. The van der Waals surface area contributed by atoms with E-state index in [0.717, 1.165) is 13.0 Å². The highest BCUT2D eigenvalue weighted by Crippen LogP contribution is 2.27. The molecule has 4 rings (SSSR count). The molecular weight excluding hydrogens is 1110 g/mol. The van der Waals surface area contributed by atoms with Crippen molar-refractivity contribution in [1.82, 2.24) is 52.8 Å². The van der Waals surface area contributed by atoms with Gasteiger partial charge in [-0.05, 0) is 62.6 Å². The van der Waals surface area contributed by atoms with Crippen LogP contribution in [-0.4, -0.2) is 182 Å². The summed E-state index contributed by atoms with van der Waals surface area (Å²) in [5.41, 5.74) is 12.7. The van der Waals surface area contributed by atoms with Crippen molar-refractivity contribution in [3.8, 4) is 0 Å². The molecule has 1 aliphatic heterocycles. The van der Waals surface area contributed by atoms with Gasteiger partial charge in [0.15, 0.2) is 0 Å². The van der Waals surface area contributed by atoms with Gasteiger partial charge in [-0.3, -0.25) is 43.2 Å². The second kappa shape index (κ2) is 33.0. The maximum absolute atomic E-state index is 14.8. The lowest BCUT2D eigenvalue weighted by atomic mass is 9.95. The number of carbonyl (C=O) groups excluding carboxylic acids is 10. The maximum Gasteiger partial charge on any atom is 0.329 e. The van der Waals surface area contributed by atoms with Gasteiger partial charge in [-0.1, -0.05) is 103 Å². The first-order valence-corrected chi connectivity index (χ1v) is 28.2. The number of ether oxygens (including phenoxy) is 1. The molecule has 1 aliphatic rings. The standard InChI is InChI=1S/C57H84N12O16/c1-9-29(7)40(59)52(79)69-44-47(28(5)6)85-57(84)37(23-31-17-12-11-13-18-31)63-49(76)36(21-16-22-58)62-55(82)43(46(74)33-24-60-35-20-15-14-19-32(33)35)68-50(77)38(25-70)64-48(75)34(10-2)61-54(81)42(45(73)27(3)4)67-51(78)39(26-71)65-53(80)41(30(8)72)66-56(44)83/h10-15,17-20,24,27-30,36-47,60,70-74H,9,16,21-23,25-26,58-59H2,1-8H3,(H,61,81)(H,62,82)(H,63,76)(H,64,75)(H,65,80)(H,66,83)(H,67,78)(H,68,77)(H,69,79)/b34-10-/t29-,30+,36+,37?,38+,39+,40-,41?,42?,43?,44?,45+,46+,47-/m0/s1. The lowest BCUT2D eigenvalue weighted by molar-refractivity contribution is -0.160. The fraction of sp³-hybridized carbons (Fsp3) is 0.544. The minimum Gasteiger partial charge on any atom is -0.458 e. The van der Waals surface area contributed by atoms with Gasteiger partial charge in [0, 0.05) is 29.1 Å². The zero-order chi connectivity index (χ0) is 63.4. The van der Waals surface area contributed by atoms with Gasteiger partial charge >= 0.3 is 5.97 Å². The Morgan fingerprint density at radius 1 is 0.682 bits per heavy atom. The number of carbonyl (C=O) groups is 10. The summed E-state index contributed by atoms with van der Waals surface area (Å²) in [5.74, 6) is -14.0. The molecule has 85 heavy (non-hydrogen) atoms. The second-order valence-corrected chi connectivity index (χ2v) is 21.6. The summed E-state index contributed by atoms with van der Waals surface area (Å²) in [6.45, 7) is 9.46. The van der Waals surface area contributed by atoms with Crippen molar-refractivity contribution in [2.45, 2.75) is 160 Å². The number of cyclic esters (lactones) is 1. The first-order chi connectivity index (χ1) is 40.2. The van der Waals surface area contributed by atoms with E-state index in [9.17, 15) is 73.5 Å². The van der Waals surface area contributed by atoms with Crippen LogP contribution >= 0.6 is 0 Å². The number of esters is 1. The van der Waals surface area contributed by atoms with Crippen LogP contribution in [0.1, 0.15) is 91.9 Å². The summed E-state index contributed by atoms with van der Waals surface area (Å²) in [7, 11) is 0. The first-order valence-electron chi connectivity index (χ1n) is 28.2. The molecule has 0 spiro atoms. The number of para-hydroxylation sites is 1. The lowest BCUT2D eigenvalue weighted by Gasteiger charge is -2.34. The number of aliphatic hydroxyl groups is 5. The smallest absolute Gasteiger partial charge is 0.329 e. The highest BCUT2D eigenvalue weighted by Gasteiger charge is 2.43. The molecule has 0 saturated carbocycles. The van der Waals surface area contributed by atoms with Crippen LogP contribution in [0.5, 0.6) is 0 Å². The summed E-state index contributed by atoms with van der Waals surface area (Å²) in [6.07, 6.45) is -4.66. The van der Waals surface area contributed by atoms with Crippen LogP contribution in [-0.2, 0) is 59.1 Å². The molecule has 0 radical (unpaired) electrons. The minimum atomic E-state index is -2.02. The number of benzene rings is 2. The molecular formula is C57H84N12O16. The van der Waals surface area contributed by atoms with Crippen LogP contribution in [0.15, 0.2) is 72.6 Å². The Bertz CT molecular complexity index is 2830. The summed E-state index contributed by atoms with van der Waals surface area (Å²) in [5, 5.41) is 77.1. The number of allylic oxidation sites excluding steroid dienone is 1. The number of nitrogens with one attached hydrogen (secondary N) is 10. The summed E-state index contributed by atoms with van der Waals surface area (Å²) < 4.78 is 6.10. The van der Waals surface area contributed by atoms with E-state index < -0.39 is 175 Å². The zero-order valence-electron chi connectivity index (χ0n) is 48.9. The number of hydrogen-bond donors (Lipinski definition) is 17. The molecule has 1 fully saturated rings. The molecule has 0 aliphatic carbocycles. The van der Waals surface area contributed by atoms with Crippen molar-refractivity contribution < 1.29 is 78.2 Å². The molecule has 9 amide bonds. The predicted octanol–water partition coefficient (Wildman–Crippen LogP) is -3.58. The molecule has 2 aromatic carbocycles. The summed E-state index contributed by atoms with van der Waals surface area (Å²) in [4.78, 5) is 146. The topological polar surface area (TPSA) is 457 Å². The Balaban J connectivity index is 1.95.